The van der Waals surface area contributed by atoms with Gasteiger partial charge < -0.3 is 34.7 Å². The SMILES string of the molecule is CCOc1cc([C@H]2NC(=O)NC(C)=C2C(=O)OC)ccc1OC[C@H](O)N/N=C/c1c(OCc2ccc(Cl)c(Cl)c2)ccc2ccccc12. The maximum absolute atomic E-state index is 12.5. The van der Waals surface area contributed by atoms with Gasteiger partial charge in [0.1, 0.15) is 19.0 Å². The predicted molar refractivity (Wildman–Crippen MR) is 184 cm³/mol. The number of nitrogens with one attached hydrogen (secondary N) is 3. The summed E-state index contributed by atoms with van der Waals surface area (Å²) in [5.41, 5.74) is 5.48. The van der Waals surface area contributed by atoms with Crippen molar-refractivity contribution in [3.63, 3.8) is 0 Å². The van der Waals surface area contributed by atoms with Gasteiger partial charge in [-0.15, -0.1) is 0 Å². The summed E-state index contributed by atoms with van der Waals surface area (Å²) >= 11 is 12.2. The van der Waals surface area contributed by atoms with E-state index in [0.29, 0.717) is 50.7 Å². The Hall–Kier alpha value is -4.97. The number of hydrogen-bond donors (Lipinski definition) is 4. The number of hydrogen-bond acceptors (Lipinski definition) is 9. The Bertz CT molecular complexity index is 1880. The molecule has 48 heavy (non-hydrogen) atoms. The lowest BCUT2D eigenvalue weighted by molar-refractivity contribution is -0.136. The van der Waals surface area contributed by atoms with Crippen LogP contribution in [0, 0.1) is 0 Å². The third-order valence-corrected chi connectivity index (χ3v) is 8.14. The van der Waals surface area contributed by atoms with Crippen molar-refractivity contribution < 1.29 is 33.6 Å². The van der Waals surface area contributed by atoms with E-state index < -0.39 is 24.3 Å². The Kier molecular flexibility index (Phi) is 11.3. The standard InChI is InChI=1S/C35H34Cl2N4O7/c1-4-46-30-16-23(33-32(34(43)45-3)20(2)39-35(44)40-33)11-14-29(30)48-19-31(42)41-38-17-25-24-8-6-5-7-22(24)10-13-28(25)47-18-21-9-12-26(36)27(37)15-21/h5-17,31,33,41-42H,4,18-19H2,1-3H3,(H2,39,40,44)/b38-17+/t31-,33+/m0/s1. The third kappa shape index (κ3) is 8.11. The van der Waals surface area contributed by atoms with Crippen LogP contribution in [0.1, 0.15) is 36.6 Å². The van der Waals surface area contributed by atoms with Gasteiger partial charge in [0.25, 0.3) is 0 Å². The maximum Gasteiger partial charge on any atom is 0.337 e. The fraction of sp³-hybridized carbons (Fsp3) is 0.229. The molecule has 0 spiro atoms. The van der Waals surface area contributed by atoms with Gasteiger partial charge in [0, 0.05) is 11.3 Å². The fourth-order valence-corrected chi connectivity index (χ4v) is 5.46. The number of urea groups is 1. The second-order valence-electron chi connectivity index (χ2n) is 10.7. The molecule has 250 valence electrons. The summed E-state index contributed by atoms with van der Waals surface area (Å²) in [6, 6.07) is 20.7. The average molecular weight is 694 g/mol. The highest BCUT2D eigenvalue weighted by Gasteiger charge is 2.32. The number of esters is 1. The summed E-state index contributed by atoms with van der Waals surface area (Å²) in [5, 5.41) is 23.1. The first kappa shape index (κ1) is 34.4. The lowest BCUT2D eigenvalue weighted by atomic mass is 9.95. The molecule has 11 nitrogen and oxygen atoms in total. The number of amides is 2. The Balaban J connectivity index is 1.28. The first-order valence-electron chi connectivity index (χ1n) is 15.0. The first-order valence-corrected chi connectivity index (χ1v) is 15.7. The minimum absolute atomic E-state index is 0.177. The average Bonchev–Trinajstić information content (AvgIpc) is 3.08. The van der Waals surface area contributed by atoms with E-state index in [-0.39, 0.29) is 18.8 Å². The van der Waals surface area contributed by atoms with Gasteiger partial charge in [0.2, 0.25) is 0 Å². The number of methoxy groups -OCH3 is 1. The van der Waals surface area contributed by atoms with Crippen LogP contribution in [0.4, 0.5) is 4.79 Å². The van der Waals surface area contributed by atoms with Crippen molar-refractivity contribution in [2.45, 2.75) is 32.7 Å². The molecular weight excluding hydrogens is 659 g/mol. The molecule has 4 N–H and O–H groups in total. The second kappa shape index (κ2) is 15.7. The second-order valence-corrected chi connectivity index (χ2v) is 11.5. The van der Waals surface area contributed by atoms with E-state index in [0.717, 1.165) is 16.3 Å². The zero-order chi connectivity index (χ0) is 34.2. The smallest absolute Gasteiger partial charge is 0.337 e. The van der Waals surface area contributed by atoms with Crippen LogP contribution in [0.15, 0.2) is 89.2 Å². The molecular formula is C35H34Cl2N4O7. The highest BCUT2D eigenvalue weighted by Crippen LogP contribution is 2.35. The molecule has 0 bridgehead atoms. The van der Waals surface area contributed by atoms with Gasteiger partial charge in [0.05, 0.1) is 41.6 Å². The van der Waals surface area contributed by atoms with Gasteiger partial charge >= 0.3 is 12.0 Å². The van der Waals surface area contributed by atoms with Crippen LogP contribution in [0.3, 0.4) is 0 Å². The van der Waals surface area contributed by atoms with Crippen molar-refractivity contribution in [2.75, 3.05) is 20.3 Å². The third-order valence-electron chi connectivity index (χ3n) is 7.40. The Labute approximate surface area is 287 Å². The maximum atomic E-state index is 12.5. The number of benzene rings is 4. The molecule has 0 aromatic heterocycles. The Morgan fingerprint density at radius 2 is 1.79 bits per heavy atom. The summed E-state index contributed by atoms with van der Waals surface area (Å²) in [5.74, 6) is 0.715. The predicted octanol–water partition coefficient (Wildman–Crippen LogP) is 6.25. The van der Waals surface area contributed by atoms with Gasteiger partial charge in [-0.05, 0) is 66.1 Å². The molecule has 1 aliphatic heterocycles. The van der Waals surface area contributed by atoms with E-state index in [9.17, 15) is 14.7 Å². The van der Waals surface area contributed by atoms with Crippen LogP contribution in [0.5, 0.6) is 17.2 Å². The molecule has 0 aliphatic carbocycles. The van der Waals surface area contributed by atoms with E-state index in [4.69, 9.17) is 42.1 Å². The van der Waals surface area contributed by atoms with Gasteiger partial charge in [-0.2, -0.15) is 5.10 Å². The van der Waals surface area contributed by atoms with Crippen molar-refractivity contribution in [3.05, 3.63) is 111 Å². The minimum Gasteiger partial charge on any atom is -0.490 e. The Morgan fingerprint density at radius 3 is 2.56 bits per heavy atom. The van der Waals surface area contributed by atoms with Crippen LogP contribution in [0.2, 0.25) is 10.0 Å². The fourth-order valence-electron chi connectivity index (χ4n) is 5.14. The number of ether oxygens (including phenoxy) is 4. The lowest BCUT2D eigenvalue weighted by Gasteiger charge is -2.28. The normalized spacial score (nSPS) is 15.1. The molecule has 13 heteroatoms. The molecule has 0 saturated heterocycles. The number of rotatable bonds is 13. The number of aliphatic hydroxyl groups excluding tert-OH is 1. The summed E-state index contributed by atoms with van der Waals surface area (Å²) in [6.45, 7) is 3.84. The monoisotopic (exact) mass is 692 g/mol. The molecule has 0 fully saturated rings. The number of allylic oxidation sites excluding steroid dienone is 1. The van der Waals surface area contributed by atoms with Crippen LogP contribution >= 0.6 is 23.2 Å². The van der Waals surface area contributed by atoms with Crippen molar-refractivity contribution >= 4 is 52.2 Å². The van der Waals surface area contributed by atoms with Crippen molar-refractivity contribution in [1.82, 2.24) is 16.1 Å². The highest BCUT2D eigenvalue weighted by molar-refractivity contribution is 6.42. The van der Waals surface area contributed by atoms with Gasteiger partial charge in [-0.1, -0.05) is 65.7 Å². The number of fused-ring (bicyclic) bond motifs is 1. The quantitative estimate of drug-likeness (QED) is 0.0559. The van der Waals surface area contributed by atoms with Gasteiger partial charge in [-0.3, -0.25) is 5.43 Å². The van der Waals surface area contributed by atoms with Crippen LogP contribution in [0.25, 0.3) is 10.8 Å². The van der Waals surface area contributed by atoms with Crippen LogP contribution < -0.4 is 30.3 Å². The first-order chi connectivity index (χ1) is 23.2. The van der Waals surface area contributed by atoms with Crippen molar-refractivity contribution in [1.29, 1.82) is 0 Å². The summed E-state index contributed by atoms with van der Waals surface area (Å²) < 4.78 is 22.7. The summed E-state index contributed by atoms with van der Waals surface area (Å²) in [7, 11) is 1.27. The number of carbonyl (C=O) groups excluding carboxylic acids is 2. The lowest BCUT2D eigenvalue weighted by Crippen LogP contribution is -2.45. The van der Waals surface area contributed by atoms with E-state index in [2.05, 4.69) is 21.2 Å². The van der Waals surface area contributed by atoms with E-state index >= 15 is 0 Å². The van der Waals surface area contributed by atoms with E-state index in [1.54, 1.807) is 43.5 Å². The molecule has 4 aromatic carbocycles. The summed E-state index contributed by atoms with van der Waals surface area (Å²) in [6.07, 6.45) is 0.392. The minimum atomic E-state index is -1.19. The summed E-state index contributed by atoms with van der Waals surface area (Å²) in [4.78, 5) is 24.7. The van der Waals surface area contributed by atoms with Crippen molar-refractivity contribution in [2.24, 2.45) is 5.10 Å². The van der Waals surface area contributed by atoms with Crippen molar-refractivity contribution in [3.8, 4) is 17.2 Å². The van der Waals surface area contributed by atoms with Gasteiger partial charge in [-0.25, -0.2) is 9.59 Å². The zero-order valence-electron chi connectivity index (χ0n) is 26.4. The number of aliphatic hydroxyl groups is 1. The number of halogens is 2. The number of hydrazone groups is 1. The Morgan fingerprint density at radius 1 is 1.00 bits per heavy atom. The molecule has 0 radical (unpaired) electrons. The van der Waals surface area contributed by atoms with E-state index in [1.165, 1.54) is 7.11 Å². The molecule has 0 unspecified atom stereocenters. The number of nitrogens with zero attached hydrogens (tertiary/aromatic N) is 1. The van der Waals surface area contributed by atoms with E-state index in [1.807, 2.05) is 49.4 Å². The highest BCUT2D eigenvalue weighted by atomic mass is 35.5. The molecule has 2 amide bonds. The van der Waals surface area contributed by atoms with Crippen LogP contribution in [-0.2, 0) is 16.1 Å². The molecule has 0 saturated carbocycles. The number of carbonyl (C=O) groups is 2. The molecule has 5 rings (SSSR count). The molecule has 1 aliphatic rings. The topological polar surface area (TPSA) is 140 Å². The molecule has 4 aromatic rings. The zero-order valence-corrected chi connectivity index (χ0v) is 27.9. The van der Waals surface area contributed by atoms with Gasteiger partial charge in [0.15, 0.2) is 17.7 Å². The largest absolute Gasteiger partial charge is 0.490 e. The molecule has 1 heterocycles. The molecule has 2 atom stereocenters. The van der Waals surface area contributed by atoms with Crippen LogP contribution in [-0.4, -0.2) is 49.9 Å².